The zero-order valence-electron chi connectivity index (χ0n) is 12.1. The second-order valence-electron chi connectivity index (χ2n) is 5.74. The monoisotopic (exact) mass is 317 g/mol. The van der Waals surface area contributed by atoms with Crippen molar-refractivity contribution in [3.8, 4) is 0 Å². The maximum atomic E-state index is 11.7. The van der Waals surface area contributed by atoms with Crippen molar-refractivity contribution in [3.63, 3.8) is 0 Å². The molecule has 114 valence electrons. The number of nitrogens with two attached hydrogens (primary N) is 1. The van der Waals surface area contributed by atoms with E-state index >= 15 is 0 Å². The molecule has 7 heteroatoms. The highest BCUT2D eigenvalue weighted by Gasteiger charge is 2.33. The SMILES string of the molecule is CCCc1nnsc1C(N)C1CCCC(S(C)(=O)=O)C1. The standard InChI is InChI=1S/C13H23N3O2S2/c1-3-5-11-13(19-16-15-11)12(14)9-6-4-7-10(8-9)20(2,17)18/h9-10,12H,3-8,14H2,1-2H3. The van der Waals surface area contributed by atoms with Crippen molar-refractivity contribution in [1.82, 2.24) is 9.59 Å². The van der Waals surface area contributed by atoms with Crippen molar-refractivity contribution in [1.29, 1.82) is 0 Å². The summed E-state index contributed by atoms with van der Waals surface area (Å²) in [7, 11) is -2.96. The Morgan fingerprint density at radius 2 is 2.20 bits per heavy atom. The average Bonchev–Trinajstić information content (AvgIpc) is 2.86. The highest BCUT2D eigenvalue weighted by Crippen LogP contribution is 2.37. The summed E-state index contributed by atoms with van der Waals surface area (Å²) in [5, 5.41) is 3.93. The lowest BCUT2D eigenvalue weighted by atomic mass is 9.83. The summed E-state index contributed by atoms with van der Waals surface area (Å²) in [5.74, 6) is 0.223. The Morgan fingerprint density at radius 3 is 2.85 bits per heavy atom. The van der Waals surface area contributed by atoms with Gasteiger partial charge in [-0.05, 0) is 43.1 Å². The minimum Gasteiger partial charge on any atom is -0.323 e. The van der Waals surface area contributed by atoms with Crippen LogP contribution in [0.1, 0.15) is 55.6 Å². The highest BCUT2D eigenvalue weighted by atomic mass is 32.2. The van der Waals surface area contributed by atoms with Crippen LogP contribution in [0.25, 0.3) is 0 Å². The van der Waals surface area contributed by atoms with E-state index in [0.29, 0.717) is 6.42 Å². The summed E-state index contributed by atoms with van der Waals surface area (Å²) >= 11 is 1.36. The van der Waals surface area contributed by atoms with E-state index in [1.54, 1.807) is 0 Å². The molecule has 1 fully saturated rings. The molecule has 1 aromatic rings. The predicted octanol–water partition coefficient (Wildman–Crippen LogP) is 2.09. The van der Waals surface area contributed by atoms with Crippen molar-refractivity contribution >= 4 is 21.4 Å². The molecule has 0 amide bonds. The quantitative estimate of drug-likeness (QED) is 0.898. The van der Waals surface area contributed by atoms with Gasteiger partial charge >= 0.3 is 0 Å². The first kappa shape index (κ1) is 15.9. The third kappa shape index (κ3) is 3.56. The summed E-state index contributed by atoms with van der Waals surface area (Å²) < 4.78 is 27.5. The molecule has 0 saturated heterocycles. The molecular weight excluding hydrogens is 294 g/mol. The fourth-order valence-electron chi connectivity index (χ4n) is 2.99. The molecule has 20 heavy (non-hydrogen) atoms. The van der Waals surface area contributed by atoms with E-state index in [2.05, 4.69) is 16.5 Å². The summed E-state index contributed by atoms with van der Waals surface area (Å²) in [6.07, 6.45) is 6.61. The Labute approximate surface area is 125 Å². The Hall–Kier alpha value is -0.530. The van der Waals surface area contributed by atoms with Crippen LogP contribution >= 0.6 is 11.5 Å². The van der Waals surface area contributed by atoms with Gasteiger partial charge < -0.3 is 5.73 Å². The zero-order valence-corrected chi connectivity index (χ0v) is 13.7. The van der Waals surface area contributed by atoms with E-state index in [1.807, 2.05) is 0 Å². The summed E-state index contributed by atoms with van der Waals surface area (Å²) in [5.41, 5.74) is 7.38. The van der Waals surface area contributed by atoms with Crippen LogP contribution in [0.4, 0.5) is 0 Å². The minimum absolute atomic E-state index is 0.124. The first-order valence-corrected chi connectivity index (χ1v) is 9.91. The molecule has 0 bridgehead atoms. The van der Waals surface area contributed by atoms with Gasteiger partial charge in [0, 0.05) is 12.3 Å². The first-order valence-electron chi connectivity index (χ1n) is 7.19. The van der Waals surface area contributed by atoms with Crippen LogP contribution in [-0.2, 0) is 16.3 Å². The van der Waals surface area contributed by atoms with E-state index < -0.39 is 9.84 Å². The van der Waals surface area contributed by atoms with Crippen molar-refractivity contribution in [2.75, 3.05) is 6.26 Å². The molecule has 1 aliphatic rings. The van der Waals surface area contributed by atoms with Gasteiger partial charge in [0.15, 0.2) is 0 Å². The van der Waals surface area contributed by atoms with Gasteiger partial charge in [0.1, 0.15) is 9.84 Å². The Kier molecular flexibility index (Phi) is 5.14. The van der Waals surface area contributed by atoms with E-state index in [1.165, 1.54) is 17.8 Å². The largest absolute Gasteiger partial charge is 0.323 e. The molecule has 2 rings (SSSR count). The summed E-state index contributed by atoms with van der Waals surface area (Å²) in [6.45, 7) is 2.11. The van der Waals surface area contributed by atoms with Gasteiger partial charge in [0.2, 0.25) is 0 Å². The second kappa shape index (κ2) is 6.49. The lowest BCUT2D eigenvalue weighted by Crippen LogP contribution is -2.33. The number of aryl methyl sites for hydroxylation is 1. The molecule has 0 aromatic carbocycles. The number of hydrogen-bond donors (Lipinski definition) is 1. The molecule has 2 N–H and O–H groups in total. The summed E-state index contributed by atoms with van der Waals surface area (Å²) in [4.78, 5) is 1.05. The average molecular weight is 317 g/mol. The van der Waals surface area contributed by atoms with Gasteiger partial charge in [-0.1, -0.05) is 24.3 Å². The van der Waals surface area contributed by atoms with Crippen LogP contribution in [0, 0.1) is 5.92 Å². The normalized spacial score (nSPS) is 25.6. The molecule has 3 unspecified atom stereocenters. The molecule has 0 spiro atoms. The first-order chi connectivity index (χ1) is 9.43. The van der Waals surface area contributed by atoms with Crippen LogP contribution in [0.15, 0.2) is 0 Å². The van der Waals surface area contributed by atoms with Crippen LogP contribution in [0.2, 0.25) is 0 Å². The van der Waals surface area contributed by atoms with Crippen LogP contribution in [0.5, 0.6) is 0 Å². The molecule has 1 saturated carbocycles. The number of rotatable bonds is 5. The van der Waals surface area contributed by atoms with Crippen LogP contribution in [-0.4, -0.2) is 29.5 Å². The third-order valence-electron chi connectivity index (χ3n) is 4.15. The van der Waals surface area contributed by atoms with E-state index in [-0.39, 0.29) is 17.2 Å². The number of sulfone groups is 1. The number of aromatic nitrogens is 2. The van der Waals surface area contributed by atoms with Gasteiger partial charge in [0.05, 0.1) is 15.8 Å². The molecule has 1 aromatic heterocycles. The molecule has 5 nitrogen and oxygen atoms in total. The van der Waals surface area contributed by atoms with Gasteiger partial charge in [-0.2, -0.15) is 0 Å². The van der Waals surface area contributed by atoms with Crippen LogP contribution in [0.3, 0.4) is 0 Å². The van der Waals surface area contributed by atoms with E-state index in [4.69, 9.17) is 5.73 Å². The molecule has 3 atom stereocenters. The lowest BCUT2D eigenvalue weighted by molar-refractivity contribution is 0.310. The summed E-state index contributed by atoms with van der Waals surface area (Å²) in [6, 6.07) is -0.124. The maximum absolute atomic E-state index is 11.7. The van der Waals surface area contributed by atoms with Gasteiger partial charge in [-0.15, -0.1) is 5.10 Å². The predicted molar refractivity (Wildman–Crippen MR) is 81.4 cm³/mol. The van der Waals surface area contributed by atoms with Crippen molar-refractivity contribution in [3.05, 3.63) is 10.6 Å². The topological polar surface area (TPSA) is 85.9 Å². The van der Waals surface area contributed by atoms with Crippen molar-refractivity contribution < 1.29 is 8.42 Å². The van der Waals surface area contributed by atoms with Gasteiger partial charge in [-0.3, -0.25) is 0 Å². The molecule has 0 aliphatic heterocycles. The second-order valence-corrected chi connectivity index (χ2v) is 8.85. The molecular formula is C13H23N3O2S2. The Balaban J connectivity index is 2.12. The Bertz CT molecular complexity index is 542. The number of nitrogens with zero attached hydrogens (tertiary/aromatic N) is 2. The maximum Gasteiger partial charge on any atom is 0.150 e. The molecule has 1 aliphatic carbocycles. The smallest absolute Gasteiger partial charge is 0.150 e. The zero-order chi connectivity index (χ0) is 14.8. The van der Waals surface area contributed by atoms with E-state index in [9.17, 15) is 8.42 Å². The highest BCUT2D eigenvalue weighted by molar-refractivity contribution is 7.91. The van der Waals surface area contributed by atoms with Gasteiger partial charge in [0.25, 0.3) is 0 Å². The minimum atomic E-state index is -2.96. The fraction of sp³-hybridized carbons (Fsp3) is 0.846. The number of hydrogen-bond acceptors (Lipinski definition) is 6. The lowest BCUT2D eigenvalue weighted by Gasteiger charge is -2.31. The van der Waals surface area contributed by atoms with Crippen molar-refractivity contribution in [2.24, 2.45) is 11.7 Å². The van der Waals surface area contributed by atoms with Crippen molar-refractivity contribution in [2.45, 2.75) is 56.7 Å². The molecule has 0 radical (unpaired) electrons. The van der Waals surface area contributed by atoms with Gasteiger partial charge in [-0.25, -0.2) is 8.42 Å². The van der Waals surface area contributed by atoms with Crippen LogP contribution < -0.4 is 5.73 Å². The molecule has 1 heterocycles. The fourth-order valence-corrected chi connectivity index (χ4v) is 4.97. The van der Waals surface area contributed by atoms with E-state index in [0.717, 1.165) is 42.7 Å². The third-order valence-corrected chi connectivity index (χ3v) is 6.66. The Morgan fingerprint density at radius 1 is 1.45 bits per heavy atom.